The second kappa shape index (κ2) is 7.04. The Morgan fingerprint density at radius 1 is 1.29 bits per heavy atom. The van der Waals surface area contributed by atoms with Gasteiger partial charge in [-0.25, -0.2) is 13.1 Å². The molecule has 21 heavy (non-hydrogen) atoms. The highest BCUT2D eigenvalue weighted by Crippen LogP contribution is 2.24. The minimum absolute atomic E-state index is 0.0955. The standard InChI is InChI=1S/C14H17NO4S2/c1-19-12-5-2-3-7-14(12)21(17,18)15-9-8-11(16)13-6-4-10-20-13/h2-7,10-11,15-16H,8-9H2,1H3. The summed E-state index contributed by atoms with van der Waals surface area (Å²) >= 11 is 1.44. The van der Waals surface area contributed by atoms with Crippen molar-refractivity contribution in [3.05, 3.63) is 46.7 Å². The molecule has 2 rings (SSSR count). The van der Waals surface area contributed by atoms with Crippen LogP contribution in [0.2, 0.25) is 0 Å². The molecule has 0 fully saturated rings. The predicted octanol–water partition coefficient (Wildman–Crippen LogP) is 2.16. The van der Waals surface area contributed by atoms with E-state index in [1.54, 1.807) is 18.2 Å². The number of para-hydroxylation sites is 1. The molecule has 2 aromatic rings. The van der Waals surface area contributed by atoms with Crippen molar-refractivity contribution in [3.63, 3.8) is 0 Å². The van der Waals surface area contributed by atoms with Gasteiger partial charge in [0.25, 0.3) is 0 Å². The van der Waals surface area contributed by atoms with Crippen LogP contribution in [0.15, 0.2) is 46.7 Å². The van der Waals surface area contributed by atoms with Gasteiger partial charge in [0.2, 0.25) is 10.0 Å². The van der Waals surface area contributed by atoms with Crippen LogP contribution in [0.5, 0.6) is 5.75 Å². The molecule has 5 nitrogen and oxygen atoms in total. The summed E-state index contributed by atoms with van der Waals surface area (Å²) in [5, 5.41) is 11.8. The Balaban J connectivity index is 1.98. The van der Waals surface area contributed by atoms with Gasteiger partial charge in [0, 0.05) is 11.4 Å². The Morgan fingerprint density at radius 3 is 2.71 bits per heavy atom. The summed E-state index contributed by atoms with van der Waals surface area (Å²) in [5.74, 6) is 0.295. The van der Waals surface area contributed by atoms with Crippen LogP contribution >= 0.6 is 11.3 Å². The van der Waals surface area contributed by atoms with E-state index in [1.807, 2.05) is 17.5 Å². The van der Waals surface area contributed by atoms with Crippen LogP contribution in [0.3, 0.4) is 0 Å². The quantitative estimate of drug-likeness (QED) is 0.817. The maximum Gasteiger partial charge on any atom is 0.244 e. The first-order chi connectivity index (χ1) is 10.0. The van der Waals surface area contributed by atoms with Gasteiger partial charge in [-0.05, 0) is 30.0 Å². The number of hydrogen-bond donors (Lipinski definition) is 2. The Morgan fingerprint density at radius 2 is 2.05 bits per heavy atom. The van der Waals surface area contributed by atoms with Crippen LogP contribution in [0.1, 0.15) is 17.4 Å². The Bertz CT molecular complexity index is 668. The second-order valence-electron chi connectivity index (χ2n) is 4.37. The van der Waals surface area contributed by atoms with Crippen molar-refractivity contribution in [1.29, 1.82) is 0 Å². The van der Waals surface area contributed by atoms with Crippen molar-refractivity contribution < 1.29 is 18.3 Å². The van der Waals surface area contributed by atoms with Crippen LogP contribution in [0.25, 0.3) is 0 Å². The molecule has 1 unspecified atom stereocenters. The van der Waals surface area contributed by atoms with Crippen molar-refractivity contribution in [3.8, 4) is 5.75 Å². The zero-order chi connectivity index (χ0) is 15.3. The van der Waals surface area contributed by atoms with E-state index < -0.39 is 16.1 Å². The van der Waals surface area contributed by atoms with Crippen molar-refractivity contribution >= 4 is 21.4 Å². The molecule has 0 aliphatic carbocycles. The lowest BCUT2D eigenvalue weighted by Gasteiger charge is -2.12. The molecule has 1 atom stereocenters. The van der Waals surface area contributed by atoms with E-state index in [-0.39, 0.29) is 11.4 Å². The Hall–Kier alpha value is -1.41. The largest absolute Gasteiger partial charge is 0.495 e. The second-order valence-corrected chi connectivity index (χ2v) is 7.08. The monoisotopic (exact) mass is 327 g/mol. The zero-order valence-electron chi connectivity index (χ0n) is 11.5. The van der Waals surface area contributed by atoms with Gasteiger partial charge in [-0.3, -0.25) is 0 Å². The molecule has 0 radical (unpaired) electrons. The minimum Gasteiger partial charge on any atom is -0.495 e. The van der Waals surface area contributed by atoms with E-state index in [1.165, 1.54) is 24.5 Å². The molecule has 0 aliphatic rings. The highest BCUT2D eigenvalue weighted by molar-refractivity contribution is 7.89. The first-order valence-corrected chi connectivity index (χ1v) is 8.75. The average molecular weight is 327 g/mol. The summed E-state index contributed by atoms with van der Waals surface area (Å²) < 4.78 is 32.0. The third-order valence-corrected chi connectivity index (χ3v) is 5.41. The van der Waals surface area contributed by atoms with Crippen molar-refractivity contribution in [2.24, 2.45) is 0 Å². The molecule has 114 valence electrons. The number of thiophene rings is 1. The fourth-order valence-corrected chi connectivity index (χ4v) is 3.83. The molecule has 1 heterocycles. The van der Waals surface area contributed by atoms with Gasteiger partial charge in [0.05, 0.1) is 13.2 Å². The van der Waals surface area contributed by atoms with Crippen LogP contribution in [0, 0.1) is 0 Å². The zero-order valence-corrected chi connectivity index (χ0v) is 13.2. The maximum absolute atomic E-state index is 12.2. The van der Waals surface area contributed by atoms with Gasteiger partial charge in [0.15, 0.2) is 0 Å². The molecular weight excluding hydrogens is 310 g/mol. The Kier molecular flexibility index (Phi) is 5.35. The molecule has 0 saturated carbocycles. The summed E-state index contributed by atoms with van der Waals surface area (Å²) in [6.45, 7) is 0.152. The van der Waals surface area contributed by atoms with Crippen LogP contribution in [-0.4, -0.2) is 27.2 Å². The number of aliphatic hydroxyl groups excluding tert-OH is 1. The summed E-state index contributed by atoms with van der Waals surface area (Å²) in [6.07, 6.45) is -0.347. The lowest BCUT2D eigenvalue weighted by atomic mass is 10.2. The van der Waals surface area contributed by atoms with Crippen molar-refractivity contribution in [2.75, 3.05) is 13.7 Å². The average Bonchev–Trinajstić information content (AvgIpc) is 3.01. The fraction of sp³-hybridized carbons (Fsp3) is 0.286. The van der Waals surface area contributed by atoms with E-state index in [2.05, 4.69) is 4.72 Å². The highest BCUT2D eigenvalue weighted by Gasteiger charge is 2.19. The number of ether oxygens (including phenoxy) is 1. The molecule has 0 spiro atoms. The lowest BCUT2D eigenvalue weighted by molar-refractivity contribution is 0.173. The number of nitrogens with one attached hydrogen (secondary N) is 1. The number of aliphatic hydroxyl groups is 1. The van der Waals surface area contributed by atoms with Gasteiger partial charge in [-0.2, -0.15) is 0 Å². The molecule has 2 N–H and O–H groups in total. The van der Waals surface area contributed by atoms with E-state index in [9.17, 15) is 13.5 Å². The van der Waals surface area contributed by atoms with Crippen molar-refractivity contribution in [2.45, 2.75) is 17.4 Å². The first-order valence-electron chi connectivity index (χ1n) is 6.39. The number of sulfonamides is 1. The van der Waals surface area contributed by atoms with Gasteiger partial charge in [-0.15, -0.1) is 11.3 Å². The summed E-state index contributed by atoms with van der Waals surface area (Å²) in [6, 6.07) is 10.1. The van der Waals surface area contributed by atoms with Gasteiger partial charge in [0.1, 0.15) is 10.6 Å². The first kappa shape index (κ1) is 16.0. The highest BCUT2D eigenvalue weighted by atomic mass is 32.2. The molecule has 0 saturated heterocycles. The molecule has 0 aliphatic heterocycles. The number of methoxy groups -OCH3 is 1. The molecule has 1 aromatic heterocycles. The SMILES string of the molecule is COc1ccccc1S(=O)(=O)NCCC(O)c1cccs1. The maximum atomic E-state index is 12.2. The lowest BCUT2D eigenvalue weighted by Crippen LogP contribution is -2.26. The van der Waals surface area contributed by atoms with Crippen LogP contribution < -0.4 is 9.46 Å². The topological polar surface area (TPSA) is 75.6 Å². The Labute approximate surface area is 128 Å². The molecule has 0 bridgehead atoms. The molecule has 1 aromatic carbocycles. The summed E-state index contributed by atoms with van der Waals surface area (Å²) in [4.78, 5) is 0.921. The number of rotatable bonds is 7. The van der Waals surface area contributed by atoms with E-state index in [0.717, 1.165) is 4.88 Å². The smallest absolute Gasteiger partial charge is 0.244 e. The fourth-order valence-electron chi connectivity index (χ4n) is 1.87. The number of hydrogen-bond acceptors (Lipinski definition) is 5. The van der Waals surface area contributed by atoms with E-state index in [0.29, 0.717) is 12.2 Å². The van der Waals surface area contributed by atoms with Crippen LogP contribution in [0.4, 0.5) is 0 Å². The minimum atomic E-state index is -3.65. The molecule has 0 amide bonds. The molecular formula is C14H17NO4S2. The van der Waals surface area contributed by atoms with Gasteiger partial charge < -0.3 is 9.84 Å². The van der Waals surface area contributed by atoms with Gasteiger partial charge >= 0.3 is 0 Å². The van der Waals surface area contributed by atoms with E-state index in [4.69, 9.17) is 4.74 Å². The predicted molar refractivity (Wildman–Crippen MR) is 82.1 cm³/mol. The third kappa shape index (κ3) is 4.04. The van der Waals surface area contributed by atoms with Gasteiger partial charge in [-0.1, -0.05) is 18.2 Å². The normalized spacial score (nSPS) is 13.0. The summed E-state index contributed by atoms with van der Waals surface area (Å²) in [5.41, 5.74) is 0. The number of benzene rings is 1. The molecule has 7 heteroatoms. The summed E-state index contributed by atoms with van der Waals surface area (Å²) in [7, 11) is -2.22. The van der Waals surface area contributed by atoms with E-state index >= 15 is 0 Å². The van der Waals surface area contributed by atoms with Crippen LogP contribution in [-0.2, 0) is 10.0 Å². The third-order valence-electron chi connectivity index (χ3n) is 2.94. The van der Waals surface area contributed by atoms with Crippen molar-refractivity contribution in [1.82, 2.24) is 4.72 Å².